The van der Waals surface area contributed by atoms with Crippen molar-refractivity contribution in [3.63, 3.8) is 0 Å². The number of aromatic nitrogens is 1. The molecule has 0 radical (unpaired) electrons. The molecule has 2 aliphatic heterocycles. The number of piperidine rings is 1. The molecule has 0 aromatic carbocycles. The normalized spacial score (nSPS) is 29.3. The van der Waals surface area contributed by atoms with Crippen molar-refractivity contribution in [2.75, 3.05) is 24.5 Å². The highest BCUT2D eigenvalue weighted by Crippen LogP contribution is 2.27. The van der Waals surface area contributed by atoms with Crippen molar-refractivity contribution in [2.45, 2.75) is 44.8 Å². The van der Waals surface area contributed by atoms with Crippen LogP contribution in [0, 0.1) is 0 Å². The summed E-state index contributed by atoms with van der Waals surface area (Å²) < 4.78 is 5.56. The van der Waals surface area contributed by atoms with Crippen molar-refractivity contribution in [2.24, 2.45) is 5.73 Å². The quantitative estimate of drug-likeness (QED) is 0.854. The van der Waals surface area contributed by atoms with E-state index in [9.17, 15) is 0 Å². The molecule has 2 unspecified atom stereocenters. The van der Waals surface area contributed by atoms with Gasteiger partial charge in [-0.25, -0.2) is 0 Å². The lowest BCUT2D eigenvalue weighted by Gasteiger charge is -2.46. The molecule has 3 heterocycles. The first-order valence-corrected chi connectivity index (χ1v) is 6.93. The number of rotatable bonds is 2. The molecular formula is C13H22N4O. The average Bonchev–Trinajstić information content (AvgIpc) is 2.86. The molecule has 2 aliphatic rings. The minimum Gasteiger partial charge on any atom is -0.432 e. The van der Waals surface area contributed by atoms with Gasteiger partial charge in [0.25, 0.3) is 6.01 Å². The van der Waals surface area contributed by atoms with Crippen LogP contribution in [-0.4, -0.2) is 41.6 Å². The van der Waals surface area contributed by atoms with Crippen LogP contribution in [0.15, 0.2) is 10.7 Å². The van der Waals surface area contributed by atoms with Crippen molar-refractivity contribution in [3.05, 3.63) is 12.0 Å². The highest BCUT2D eigenvalue weighted by atomic mass is 16.4. The van der Waals surface area contributed by atoms with Gasteiger partial charge in [-0.3, -0.25) is 4.90 Å². The Labute approximate surface area is 108 Å². The zero-order valence-corrected chi connectivity index (χ0v) is 11.0. The van der Waals surface area contributed by atoms with Crippen molar-refractivity contribution >= 4 is 6.01 Å². The lowest BCUT2D eigenvalue weighted by Crippen LogP contribution is -2.59. The van der Waals surface area contributed by atoms with E-state index in [1.807, 2.05) is 0 Å². The van der Waals surface area contributed by atoms with Crippen LogP contribution in [0.4, 0.5) is 6.01 Å². The second kappa shape index (κ2) is 4.90. The van der Waals surface area contributed by atoms with Crippen molar-refractivity contribution in [1.82, 2.24) is 9.88 Å². The van der Waals surface area contributed by atoms with Crippen LogP contribution in [0.25, 0.3) is 0 Å². The summed E-state index contributed by atoms with van der Waals surface area (Å²) in [5.41, 5.74) is 6.42. The summed E-state index contributed by atoms with van der Waals surface area (Å²) >= 11 is 0. The van der Waals surface area contributed by atoms with Gasteiger partial charge in [0.05, 0.1) is 5.69 Å². The third-order valence-corrected chi connectivity index (χ3v) is 4.18. The largest absolute Gasteiger partial charge is 0.432 e. The highest BCUT2D eigenvalue weighted by Gasteiger charge is 2.34. The van der Waals surface area contributed by atoms with Crippen molar-refractivity contribution in [1.29, 1.82) is 0 Å². The third-order valence-electron chi connectivity index (χ3n) is 4.18. The molecule has 0 spiro atoms. The smallest absolute Gasteiger partial charge is 0.297 e. The van der Waals surface area contributed by atoms with Crippen LogP contribution >= 0.6 is 0 Å². The zero-order chi connectivity index (χ0) is 12.5. The van der Waals surface area contributed by atoms with Gasteiger partial charge in [-0.05, 0) is 26.3 Å². The number of oxazole rings is 1. The average molecular weight is 250 g/mol. The van der Waals surface area contributed by atoms with Gasteiger partial charge >= 0.3 is 0 Å². The van der Waals surface area contributed by atoms with Crippen molar-refractivity contribution < 1.29 is 4.42 Å². The summed E-state index contributed by atoms with van der Waals surface area (Å²) in [5.74, 6) is 0. The Balaban J connectivity index is 1.75. The van der Waals surface area contributed by atoms with E-state index in [1.165, 1.54) is 25.8 Å². The Kier molecular flexibility index (Phi) is 3.26. The molecule has 2 atom stereocenters. The van der Waals surface area contributed by atoms with Crippen LogP contribution in [0.2, 0.25) is 0 Å². The lowest BCUT2D eigenvalue weighted by molar-refractivity contribution is 0.113. The molecule has 18 heavy (non-hydrogen) atoms. The summed E-state index contributed by atoms with van der Waals surface area (Å²) in [5, 5.41) is 0. The summed E-state index contributed by atoms with van der Waals surface area (Å²) in [7, 11) is 0. The van der Waals surface area contributed by atoms with Gasteiger partial charge in [0.1, 0.15) is 6.26 Å². The number of anilines is 1. The number of nitrogens with zero attached hydrogens (tertiary/aromatic N) is 3. The Morgan fingerprint density at radius 2 is 2.33 bits per heavy atom. The Hall–Kier alpha value is -1.07. The van der Waals surface area contributed by atoms with E-state index in [-0.39, 0.29) is 0 Å². The molecule has 5 nitrogen and oxygen atoms in total. The van der Waals surface area contributed by atoms with Gasteiger partial charge < -0.3 is 15.1 Å². The number of hydrogen-bond acceptors (Lipinski definition) is 5. The van der Waals surface area contributed by atoms with E-state index in [0.29, 0.717) is 18.6 Å². The molecule has 2 N–H and O–H groups in total. The summed E-state index contributed by atoms with van der Waals surface area (Å²) in [6.07, 6.45) is 5.67. The van der Waals surface area contributed by atoms with E-state index < -0.39 is 0 Å². The molecule has 0 aliphatic carbocycles. The zero-order valence-electron chi connectivity index (χ0n) is 11.0. The number of hydrogen-bond donors (Lipinski definition) is 1. The van der Waals surface area contributed by atoms with Gasteiger partial charge in [-0.2, -0.15) is 4.98 Å². The molecule has 0 saturated carbocycles. The predicted octanol–water partition coefficient (Wildman–Crippen LogP) is 1.20. The molecule has 1 aromatic rings. The molecular weight excluding hydrogens is 228 g/mol. The molecule has 1 aromatic heterocycles. The fourth-order valence-electron chi connectivity index (χ4n) is 3.14. The number of piperazine rings is 1. The van der Waals surface area contributed by atoms with Crippen LogP contribution in [0.1, 0.15) is 31.9 Å². The second-order valence-corrected chi connectivity index (χ2v) is 5.47. The fraction of sp³-hybridized carbons (Fsp3) is 0.769. The minimum atomic E-state index is 0.446. The summed E-state index contributed by atoms with van der Waals surface area (Å²) in [4.78, 5) is 9.38. The minimum absolute atomic E-state index is 0.446. The van der Waals surface area contributed by atoms with Gasteiger partial charge in [0.15, 0.2) is 0 Å². The van der Waals surface area contributed by atoms with Crippen LogP contribution in [-0.2, 0) is 6.54 Å². The molecule has 2 saturated heterocycles. The maximum atomic E-state index is 5.58. The van der Waals surface area contributed by atoms with Gasteiger partial charge in [0.2, 0.25) is 0 Å². The van der Waals surface area contributed by atoms with Crippen LogP contribution in [0.3, 0.4) is 0 Å². The van der Waals surface area contributed by atoms with Crippen molar-refractivity contribution in [3.8, 4) is 0 Å². The van der Waals surface area contributed by atoms with Crippen LogP contribution < -0.4 is 10.6 Å². The first kappa shape index (κ1) is 12.0. The molecule has 0 amide bonds. The number of nitrogens with two attached hydrogens (primary N) is 1. The van der Waals surface area contributed by atoms with Gasteiger partial charge in [0, 0.05) is 31.7 Å². The van der Waals surface area contributed by atoms with Crippen LogP contribution in [0.5, 0.6) is 0 Å². The lowest BCUT2D eigenvalue weighted by atomic mass is 9.97. The molecule has 100 valence electrons. The third kappa shape index (κ3) is 2.12. The molecule has 5 heteroatoms. The van der Waals surface area contributed by atoms with E-state index in [1.54, 1.807) is 6.26 Å². The maximum absolute atomic E-state index is 5.58. The van der Waals surface area contributed by atoms with E-state index in [4.69, 9.17) is 10.2 Å². The van der Waals surface area contributed by atoms with E-state index >= 15 is 0 Å². The molecule has 2 fully saturated rings. The second-order valence-electron chi connectivity index (χ2n) is 5.47. The topological polar surface area (TPSA) is 58.5 Å². The van der Waals surface area contributed by atoms with E-state index in [2.05, 4.69) is 21.7 Å². The summed E-state index contributed by atoms with van der Waals surface area (Å²) in [6.45, 7) is 6.09. The number of fused-ring (bicyclic) bond motifs is 1. The Bertz CT molecular complexity index is 405. The van der Waals surface area contributed by atoms with Gasteiger partial charge in [-0.1, -0.05) is 6.42 Å². The monoisotopic (exact) mass is 250 g/mol. The Morgan fingerprint density at radius 1 is 1.44 bits per heavy atom. The van der Waals surface area contributed by atoms with E-state index in [0.717, 1.165) is 24.8 Å². The first-order valence-electron chi connectivity index (χ1n) is 6.93. The maximum Gasteiger partial charge on any atom is 0.297 e. The highest BCUT2D eigenvalue weighted by molar-refractivity contribution is 5.31. The molecule has 3 rings (SSSR count). The predicted molar refractivity (Wildman–Crippen MR) is 70.4 cm³/mol. The SMILES string of the molecule is CC1CN2CCCCC2CN1c1nc(CN)co1. The summed E-state index contributed by atoms with van der Waals surface area (Å²) in [6, 6.07) is 1.87. The first-order chi connectivity index (χ1) is 8.78. The standard InChI is InChI=1S/C13H22N4O/c1-10-7-16-5-3-2-4-12(16)8-17(10)13-15-11(6-14)9-18-13/h9-10,12H,2-8,14H2,1H3. The fourth-order valence-corrected chi connectivity index (χ4v) is 3.14. The van der Waals surface area contributed by atoms with Gasteiger partial charge in [-0.15, -0.1) is 0 Å². The Morgan fingerprint density at radius 3 is 3.11 bits per heavy atom. The molecule has 0 bridgehead atoms.